The van der Waals surface area contributed by atoms with Gasteiger partial charge in [-0.1, -0.05) is 22.0 Å². The minimum atomic E-state index is -0.0726. The van der Waals surface area contributed by atoms with E-state index in [4.69, 9.17) is 22.5 Å². The van der Waals surface area contributed by atoms with Crippen LogP contribution in [0.4, 0.5) is 0 Å². The van der Waals surface area contributed by atoms with Crippen molar-refractivity contribution in [1.82, 2.24) is 19.9 Å². The van der Waals surface area contributed by atoms with E-state index in [9.17, 15) is 4.79 Å². The van der Waals surface area contributed by atoms with E-state index in [1.165, 1.54) is 0 Å². The lowest BCUT2D eigenvalue weighted by Gasteiger charge is -2.31. The first-order valence-electron chi connectivity index (χ1n) is 7.53. The Hall–Kier alpha value is -2.61. The lowest BCUT2D eigenvalue weighted by atomic mass is 10.0. The summed E-state index contributed by atoms with van der Waals surface area (Å²) in [6.45, 7) is 1.26. The number of carbonyl (C=O) groups is 1. The summed E-state index contributed by atoms with van der Waals surface area (Å²) in [4.78, 5) is 14.3. The van der Waals surface area contributed by atoms with Gasteiger partial charge in [0.05, 0.1) is 12.2 Å². The summed E-state index contributed by atoms with van der Waals surface area (Å²) in [6.07, 6.45) is 3.17. The van der Waals surface area contributed by atoms with Crippen LogP contribution in [0.25, 0.3) is 0 Å². The molecule has 0 saturated carbocycles. The van der Waals surface area contributed by atoms with Crippen LogP contribution in [0.2, 0.25) is 5.02 Å². The molecule has 9 heteroatoms. The van der Waals surface area contributed by atoms with Crippen LogP contribution in [-0.4, -0.2) is 49.9 Å². The number of oxime groups is 1. The Labute approximate surface area is 143 Å². The number of halogens is 1. The van der Waals surface area contributed by atoms with Gasteiger partial charge in [-0.25, -0.2) is 4.68 Å². The molecule has 1 aliphatic heterocycles. The van der Waals surface area contributed by atoms with Crippen molar-refractivity contribution < 1.29 is 10.0 Å². The summed E-state index contributed by atoms with van der Waals surface area (Å²) in [5, 5.41) is 20.1. The van der Waals surface area contributed by atoms with Crippen LogP contribution in [0.1, 0.15) is 34.9 Å². The van der Waals surface area contributed by atoms with E-state index in [0.717, 1.165) is 12.8 Å². The van der Waals surface area contributed by atoms with E-state index in [2.05, 4.69) is 15.5 Å². The lowest BCUT2D eigenvalue weighted by molar-refractivity contribution is 0.0689. The number of nitrogens with zero attached hydrogens (tertiary/aromatic N) is 5. The predicted octanol–water partition coefficient (Wildman–Crippen LogP) is 1.50. The molecule has 8 nitrogen and oxygen atoms in total. The fraction of sp³-hybridized carbons (Fsp3) is 0.333. The Morgan fingerprint density at radius 2 is 1.96 bits per heavy atom. The van der Waals surface area contributed by atoms with Gasteiger partial charge in [-0.3, -0.25) is 4.79 Å². The molecule has 3 rings (SSSR count). The first-order valence-corrected chi connectivity index (χ1v) is 7.91. The van der Waals surface area contributed by atoms with Crippen LogP contribution in [-0.2, 0) is 0 Å². The van der Waals surface area contributed by atoms with E-state index in [1.54, 1.807) is 35.1 Å². The molecule has 0 aliphatic carbocycles. The molecule has 0 bridgehead atoms. The molecule has 1 aromatic carbocycles. The quantitative estimate of drug-likeness (QED) is 0.378. The number of amides is 1. The number of nitrogens with two attached hydrogens (primary N) is 1. The molecule has 0 radical (unpaired) electrons. The second-order valence-electron chi connectivity index (χ2n) is 5.60. The van der Waals surface area contributed by atoms with Crippen LogP contribution in [0.5, 0.6) is 0 Å². The smallest absolute Gasteiger partial charge is 0.253 e. The topological polar surface area (TPSA) is 110 Å². The molecule has 1 aromatic heterocycles. The summed E-state index contributed by atoms with van der Waals surface area (Å²) in [6, 6.07) is 7.03. The van der Waals surface area contributed by atoms with Crippen LogP contribution in [0.15, 0.2) is 35.6 Å². The monoisotopic (exact) mass is 348 g/mol. The van der Waals surface area contributed by atoms with Crippen molar-refractivity contribution in [3.8, 4) is 0 Å². The van der Waals surface area contributed by atoms with Gasteiger partial charge in [0.25, 0.3) is 5.91 Å². The van der Waals surface area contributed by atoms with E-state index in [1.807, 2.05) is 4.90 Å². The molecule has 1 fully saturated rings. The van der Waals surface area contributed by atoms with Gasteiger partial charge in [0, 0.05) is 23.7 Å². The third kappa shape index (κ3) is 3.33. The third-order valence-electron chi connectivity index (χ3n) is 4.10. The van der Waals surface area contributed by atoms with Gasteiger partial charge in [0.2, 0.25) is 0 Å². The van der Waals surface area contributed by atoms with E-state index >= 15 is 0 Å². The normalized spacial score (nSPS) is 16.4. The summed E-state index contributed by atoms with van der Waals surface area (Å²) < 4.78 is 1.71. The van der Waals surface area contributed by atoms with Crippen molar-refractivity contribution in [2.45, 2.75) is 18.9 Å². The zero-order valence-corrected chi connectivity index (χ0v) is 13.6. The minimum absolute atomic E-state index is 0.000976. The van der Waals surface area contributed by atoms with Crippen LogP contribution >= 0.6 is 11.6 Å². The number of aromatic nitrogens is 3. The maximum Gasteiger partial charge on any atom is 0.253 e. The number of piperidine rings is 1. The molecule has 0 unspecified atom stereocenters. The number of hydrogen-bond acceptors (Lipinski definition) is 5. The fourth-order valence-electron chi connectivity index (χ4n) is 2.73. The highest BCUT2D eigenvalue weighted by Crippen LogP contribution is 2.23. The average Bonchev–Trinajstić information content (AvgIpc) is 3.11. The lowest BCUT2D eigenvalue weighted by Crippen LogP contribution is -2.39. The molecular formula is C15H17ClN6O2. The van der Waals surface area contributed by atoms with Gasteiger partial charge in [-0.05, 0) is 37.1 Å². The van der Waals surface area contributed by atoms with Crippen molar-refractivity contribution >= 4 is 23.3 Å². The molecule has 1 aliphatic rings. The number of rotatable bonds is 3. The first-order chi connectivity index (χ1) is 11.6. The summed E-state index contributed by atoms with van der Waals surface area (Å²) in [5.74, 6) is -0.0716. The Morgan fingerprint density at radius 1 is 1.29 bits per heavy atom. The van der Waals surface area contributed by atoms with Gasteiger partial charge < -0.3 is 15.8 Å². The predicted molar refractivity (Wildman–Crippen MR) is 88.2 cm³/mol. The summed E-state index contributed by atoms with van der Waals surface area (Å²) in [7, 11) is 0. The molecule has 3 N–H and O–H groups in total. The minimum Gasteiger partial charge on any atom is -0.409 e. The highest BCUT2D eigenvalue weighted by atomic mass is 35.5. The maximum absolute atomic E-state index is 12.5. The average molecular weight is 349 g/mol. The van der Waals surface area contributed by atoms with Gasteiger partial charge in [-0.2, -0.15) is 0 Å². The summed E-state index contributed by atoms with van der Waals surface area (Å²) in [5.41, 5.74) is 6.46. The molecule has 2 aromatic rings. The highest BCUT2D eigenvalue weighted by Gasteiger charge is 2.25. The van der Waals surface area contributed by atoms with Gasteiger partial charge in [-0.15, -0.1) is 5.10 Å². The standard InChI is InChI=1S/C15H17ClN6O2/c16-11-3-1-10(2-4-11)15(23)21-7-5-12(6-8-21)22-9-13(18-20-22)14(17)19-24/h1-4,9,12,24H,5-8H2,(H2,17,19). The molecule has 1 amide bonds. The van der Waals surface area contributed by atoms with Gasteiger partial charge in [0.15, 0.2) is 11.5 Å². The van der Waals surface area contributed by atoms with Crippen molar-refractivity contribution in [3.63, 3.8) is 0 Å². The second kappa shape index (κ2) is 6.88. The Morgan fingerprint density at radius 3 is 2.58 bits per heavy atom. The SMILES string of the molecule is N/C(=N\O)c1cn(C2CCN(C(=O)c3ccc(Cl)cc3)CC2)nn1. The largest absolute Gasteiger partial charge is 0.409 e. The van der Waals surface area contributed by atoms with Gasteiger partial charge >= 0.3 is 0 Å². The molecule has 1 saturated heterocycles. The zero-order valence-electron chi connectivity index (χ0n) is 12.8. The number of benzene rings is 1. The van der Waals surface area contributed by atoms with Crippen molar-refractivity contribution in [2.75, 3.05) is 13.1 Å². The first kappa shape index (κ1) is 16.3. The molecule has 0 atom stereocenters. The van der Waals surface area contributed by atoms with Crippen molar-refractivity contribution in [2.24, 2.45) is 10.9 Å². The number of likely N-dealkylation sites (tertiary alicyclic amines) is 1. The van der Waals surface area contributed by atoms with Gasteiger partial charge in [0.1, 0.15) is 0 Å². The number of carbonyl (C=O) groups excluding carboxylic acids is 1. The molecule has 0 spiro atoms. The Kier molecular flexibility index (Phi) is 4.66. The molecule has 2 heterocycles. The van der Waals surface area contributed by atoms with E-state index in [0.29, 0.717) is 29.4 Å². The van der Waals surface area contributed by atoms with E-state index in [-0.39, 0.29) is 17.8 Å². The molecule has 126 valence electrons. The number of hydrogen-bond donors (Lipinski definition) is 2. The van der Waals surface area contributed by atoms with Crippen molar-refractivity contribution in [3.05, 3.63) is 46.7 Å². The van der Waals surface area contributed by atoms with Crippen LogP contribution in [0, 0.1) is 0 Å². The summed E-state index contributed by atoms with van der Waals surface area (Å²) >= 11 is 5.85. The highest BCUT2D eigenvalue weighted by molar-refractivity contribution is 6.30. The molecular weight excluding hydrogens is 332 g/mol. The fourth-order valence-corrected chi connectivity index (χ4v) is 2.86. The van der Waals surface area contributed by atoms with Crippen molar-refractivity contribution in [1.29, 1.82) is 0 Å². The van der Waals surface area contributed by atoms with Crippen LogP contribution < -0.4 is 5.73 Å². The van der Waals surface area contributed by atoms with Crippen LogP contribution in [0.3, 0.4) is 0 Å². The Bertz CT molecular complexity index is 750. The second-order valence-corrected chi connectivity index (χ2v) is 6.04. The maximum atomic E-state index is 12.5. The third-order valence-corrected chi connectivity index (χ3v) is 4.35. The molecule has 24 heavy (non-hydrogen) atoms. The number of amidine groups is 1. The van der Waals surface area contributed by atoms with E-state index < -0.39 is 0 Å². The zero-order chi connectivity index (χ0) is 17.1. The Balaban J connectivity index is 1.62.